The Morgan fingerprint density at radius 1 is 1.45 bits per heavy atom. The van der Waals surface area contributed by atoms with Gasteiger partial charge in [0.2, 0.25) is 0 Å². The second kappa shape index (κ2) is 5.35. The number of pyridine rings is 1. The average molecular weight is 290 g/mol. The molecule has 0 aliphatic carbocycles. The maximum absolute atomic E-state index is 11.3. The molecule has 0 fully saturated rings. The van der Waals surface area contributed by atoms with Crippen LogP contribution in [0.4, 0.5) is 5.69 Å². The first kappa shape index (κ1) is 14.1. The van der Waals surface area contributed by atoms with Crippen LogP contribution >= 0.6 is 0 Å². The fraction of sp³-hybridized carbons (Fsp3) is 0.231. The van der Waals surface area contributed by atoms with Gasteiger partial charge in [-0.15, -0.1) is 0 Å². The van der Waals surface area contributed by atoms with Crippen molar-refractivity contribution in [3.63, 3.8) is 0 Å². The molecule has 0 amide bonds. The number of sulfone groups is 1. The molecule has 0 bridgehead atoms. The van der Waals surface area contributed by atoms with E-state index in [1.165, 1.54) is 12.3 Å². The molecule has 7 heteroatoms. The summed E-state index contributed by atoms with van der Waals surface area (Å²) >= 11 is 0. The first-order chi connectivity index (χ1) is 9.40. The Hall–Kier alpha value is -2.33. The first-order valence-electron chi connectivity index (χ1n) is 5.85. The van der Waals surface area contributed by atoms with Crippen LogP contribution in [-0.2, 0) is 23.4 Å². The lowest BCUT2D eigenvalue weighted by molar-refractivity contribution is 0.598. The van der Waals surface area contributed by atoms with Gasteiger partial charge in [0.25, 0.3) is 0 Å². The third-order valence-electron chi connectivity index (χ3n) is 2.79. The van der Waals surface area contributed by atoms with Gasteiger partial charge >= 0.3 is 0 Å². The maximum Gasteiger partial charge on any atom is 0.192 e. The van der Waals surface area contributed by atoms with Gasteiger partial charge in [0.05, 0.1) is 11.9 Å². The normalized spacial score (nSPS) is 11.1. The highest BCUT2D eigenvalue weighted by Gasteiger charge is 2.08. The lowest BCUT2D eigenvalue weighted by atomic mass is 10.3. The highest BCUT2D eigenvalue weighted by molar-refractivity contribution is 7.90. The van der Waals surface area contributed by atoms with Crippen molar-refractivity contribution >= 4 is 15.5 Å². The van der Waals surface area contributed by atoms with Gasteiger partial charge in [-0.05, 0) is 23.8 Å². The summed E-state index contributed by atoms with van der Waals surface area (Å²) in [7, 11) is -1.46. The number of rotatable bonds is 4. The Morgan fingerprint density at radius 3 is 2.70 bits per heavy atom. The number of nitrogens with one attached hydrogen (secondary N) is 1. The Labute approximate surface area is 117 Å². The Morgan fingerprint density at radius 2 is 2.20 bits per heavy atom. The second-order valence-corrected chi connectivity index (χ2v) is 6.43. The predicted octanol–water partition coefficient (Wildman–Crippen LogP) is 1.31. The molecular weight excluding hydrogens is 276 g/mol. The zero-order valence-corrected chi connectivity index (χ0v) is 12.0. The number of hydrogen-bond acceptors (Lipinski definition) is 5. The van der Waals surface area contributed by atoms with E-state index in [1.54, 1.807) is 16.7 Å². The van der Waals surface area contributed by atoms with Crippen molar-refractivity contribution in [3.8, 4) is 6.07 Å². The van der Waals surface area contributed by atoms with Crippen LogP contribution < -0.4 is 5.32 Å². The van der Waals surface area contributed by atoms with Crippen LogP contribution in [0.2, 0.25) is 0 Å². The highest BCUT2D eigenvalue weighted by atomic mass is 32.2. The molecule has 1 N–H and O–H groups in total. The van der Waals surface area contributed by atoms with Gasteiger partial charge < -0.3 is 9.88 Å². The van der Waals surface area contributed by atoms with Crippen molar-refractivity contribution < 1.29 is 8.42 Å². The summed E-state index contributed by atoms with van der Waals surface area (Å²) in [5.74, 6) is 0. The van der Waals surface area contributed by atoms with Crippen LogP contribution in [-0.4, -0.2) is 24.2 Å². The van der Waals surface area contributed by atoms with E-state index in [0.717, 1.165) is 17.5 Å². The van der Waals surface area contributed by atoms with Crippen molar-refractivity contribution in [1.82, 2.24) is 9.55 Å². The Balaban J connectivity index is 2.06. The maximum atomic E-state index is 11.3. The van der Waals surface area contributed by atoms with E-state index >= 15 is 0 Å². The fourth-order valence-electron chi connectivity index (χ4n) is 1.75. The van der Waals surface area contributed by atoms with Crippen molar-refractivity contribution in [2.24, 2.45) is 7.05 Å². The number of hydrogen-bond donors (Lipinski definition) is 1. The summed E-state index contributed by atoms with van der Waals surface area (Å²) in [6.07, 6.45) is 4.46. The standard InChI is InChI=1S/C13H14N4O2S/c1-17-9-10(5-12(17)6-14)7-15-11-3-4-13(16-8-11)20(2,18)19/h3-5,8-9,15H,7H2,1-2H3. The van der Waals surface area contributed by atoms with Crippen LogP contribution in [0.3, 0.4) is 0 Å². The first-order valence-corrected chi connectivity index (χ1v) is 7.74. The van der Waals surface area contributed by atoms with Crippen molar-refractivity contribution in [2.45, 2.75) is 11.6 Å². The molecular formula is C13H14N4O2S. The lowest BCUT2D eigenvalue weighted by Crippen LogP contribution is -2.02. The highest BCUT2D eigenvalue weighted by Crippen LogP contribution is 2.13. The molecule has 0 aromatic carbocycles. The summed E-state index contributed by atoms with van der Waals surface area (Å²) in [4.78, 5) is 3.89. The zero-order valence-electron chi connectivity index (χ0n) is 11.2. The molecule has 0 saturated heterocycles. The molecule has 6 nitrogen and oxygen atoms in total. The fourth-order valence-corrected chi connectivity index (χ4v) is 2.31. The van der Waals surface area contributed by atoms with Crippen molar-refractivity contribution in [1.29, 1.82) is 5.26 Å². The minimum Gasteiger partial charge on any atom is -0.380 e. The van der Waals surface area contributed by atoms with Gasteiger partial charge in [-0.3, -0.25) is 0 Å². The quantitative estimate of drug-likeness (QED) is 0.917. The minimum absolute atomic E-state index is 0.0505. The monoisotopic (exact) mass is 290 g/mol. The molecule has 0 unspecified atom stereocenters. The molecule has 0 aliphatic heterocycles. The molecule has 0 aliphatic rings. The number of nitrogens with zero attached hydrogens (tertiary/aromatic N) is 3. The molecule has 2 aromatic heterocycles. The van der Waals surface area contributed by atoms with Crippen LogP contribution in [0.25, 0.3) is 0 Å². The molecule has 20 heavy (non-hydrogen) atoms. The number of anilines is 1. The summed E-state index contributed by atoms with van der Waals surface area (Å²) in [6, 6.07) is 7.02. The van der Waals surface area contributed by atoms with Crippen LogP contribution in [0.5, 0.6) is 0 Å². The van der Waals surface area contributed by atoms with E-state index in [0.29, 0.717) is 12.2 Å². The van der Waals surface area contributed by atoms with E-state index in [9.17, 15) is 8.42 Å². The largest absolute Gasteiger partial charge is 0.380 e. The summed E-state index contributed by atoms with van der Waals surface area (Å²) in [5, 5.41) is 12.0. The molecule has 0 spiro atoms. The minimum atomic E-state index is -3.27. The Bertz CT molecular complexity index is 755. The summed E-state index contributed by atoms with van der Waals surface area (Å²) < 4.78 is 24.3. The molecule has 104 valence electrons. The SMILES string of the molecule is Cn1cc(CNc2ccc(S(C)(=O)=O)nc2)cc1C#N. The van der Waals surface area contributed by atoms with E-state index in [2.05, 4.69) is 16.4 Å². The van der Waals surface area contributed by atoms with Gasteiger partial charge in [0, 0.05) is 26.0 Å². The van der Waals surface area contributed by atoms with Gasteiger partial charge in [-0.2, -0.15) is 5.26 Å². The Kier molecular flexibility index (Phi) is 3.77. The zero-order chi connectivity index (χ0) is 14.8. The van der Waals surface area contributed by atoms with E-state index < -0.39 is 9.84 Å². The predicted molar refractivity (Wildman–Crippen MR) is 74.8 cm³/mol. The third kappa shape index (κ3) is 3.16. The molecule has 0 saturated carbocycles. The van der Waals surface area contributed by atoms with Crippen LogP contribution in [0.1, 0.15) is 11.3 Å². The summed E-state index contributed by atoms with van der Waals surface area (Å²) in [6.45, 7) is 0.537. The smallest absolute Gasteiger partial charge is 0.192 e. The molecule has 0 atom stereocenters. The molecule has 2 aromatic rings. The molecule has 2 rings (SSSR count). The van der Waals surface area contributed by atoms with Gasteiger partial charge in [-0.1, -0.05) is 0 Å². The number of aromatic nitrogens is 2. The molecule has 2 heterocycles. The summed E-state index contributed by atoms with van der Waals surface area (Å²) in [5.41, 5.74) is 2.28. The van der Waals surface area contributed by atoms with Crippen molar-refractivity contribution in [2.75, 3.05) is 11.6 Å². The number of aryl methyl sites for hydroxylation is 1. The van der Waals surface area contributed by atoms with Crippen molar-refractivity contribution in [3.05, 3.63) is 41.9 Å². The van der Waals surface area contributed by atoms with Crippen LogP contribution in [0.15, 0.2) is 35.6 Å². The topological polar surface area (TPSA) is 87.8 Å². The average Bonchev–Trinajstić information content (AvgIpc) is 2.76. The van der Waals surface area contributed by atoms with Gasteiger partial charge in [-0.25, -0.2) is 13.4 Å². The van der Waals surface area contributed by atoms with Gasteiger partial charge in [0.1, 0.15) is 11.8 Å². The lowest BCUT2D eigenvalue weighted by Gasteiger charge is -2.05. The number of nitriles is 1. The van der Waals surface area contributed by atoms with Gasteiger partial charge in [0.15, 0.2) is 14.9 Å². The van der Waals surface area contributed by atoms with E-state index in [-0.39, 0.29) is 5.03 Å². The second-order valence-electron chi connectivity index (χ2n) is 4.47. The van der Waals surface area contributed by atoms with E-state index in [1.807, 2.05) is 13.2 Å². The van der Waals surface area contributed by atoms with Crippen LogP contribution in [0, 0.1) is 11.3 Å². The molecule has 0 radical (unpaired) electrons. The third-order valence-corrected chi connectivity index (χ3v) is 3.79. The van der Waals surface area contributed by atoms with E-state index in [4.69, 9.17) is 5.26 Å².